The van der Waals surface area contributed by atoms with Crippen LogP contribution >= 0.6 is 24.0 Å². The number of amides is 1. The van der Waals surface area contributed by atoms with Crippen molar-refractivity contribution in [3.05, 3.63) is 11.6 Å². The van der Waals surface area contributed by atoms with Crippen LogP contribution in [-0.2, 0) is 18.4 Å². The molecule has 0 unspecified atom stereocenters. The molecule has 10 heteroatoms. The highest BCUT2D eigenvalue weighted by Crippen LogP contribution is 2.10. The van der Waals surface area contributed by atoms with Crippen molar-refractivity contribution in [2.75, 3.05) is 52.4 Å². The van der Waals surface area contributed by atoms with E-state index in [-0.39, 0.29) is 29.9 Å². The first-order valence-corrected chi connectivity index (χ1v) is 11.5. The van der Waals surface area contributed by atoms with Gasteiger partial charge in [-0.1, -0.05) is 13.3 Å². The minimum absolute atomic E-state index is 0. The molecule has 3 heterocycles. The van der Waals surface area contributed by atoms with Crippen LogP contribution < -0.4 is 5.32 Å². The zero-order valence-electron chi connectivity index (χ0n) is 19.3. The van der Waals surface area contributed by atoms with Crippen LogP contribution in [0.5, 0.6) is 0 Å². The Morgan fingerprint density at radius 3 is 2.35 bits per heavy atom. The molecule has 0 spiro atoms. The number of carbonyl (C=O) groups is 1. The molecule has 0 bridgehead atoms. The van der Waals surface area contributed by atoms with E-state index >= 15 is 0 Å². The van der Waals surface area contributed by atoms with Gasteiger partial charge in [0.2, 0.25) is 5.91 Å². The van der Waals surface area contributed by atoms with Crippen LogP contribution in [0.2, 0.25) is 0 Å². The molecule has 0 atom stereocenters. The van der Waals surface area contributed by atoms with E-state index in [1.165, 1.54) is 6.42 Å². The summed E-state index contributed by atoms with van der Waals surface area (Å²) in [5, 5.41) is 11.9. The lowest BCUT2D eigenvalue weighted by Gasteiger charge is -2.37. The van der Waals surface area contributed by atoms with Gasteiger partial charge in [0.1, 0.15) is 12.4 Å². The first-order chi connectivity index (χ1) is 14.6. The number of aliphatic imine (C=N–C) groups is 1. The fourth-order valence-corrected chi connectivity index (χ4v) is 3.93. The fourth-order valence-electron chi connectivity index (χ4n) is 3.93. The highest BCUT2D eigenvalue weighted by molar-refractivity contribution is 14.0. The van der Waals surface area contributed by atoms with Crippen LogP contribution in [0.3, 0.4) is 0 Å². The molecule has 176 valence electrons. The van der Waals surface area contributed by atoms with Gasteiger partial charge in [-0.25, -0.2) is 4.99 Å². The Balaban J connectivity index is 0.00000341. The maximum atomic E-state index is 12.6. The molecule has 1 amide bonds. The number of hydrogen-bond acceptors (Lipinski definition) is 5. The van der Waals surface area contributed by atoms with E-state index in [0.29, 0.717) is 13.1 Å². The summed E-state index contributed by atoms with van der Waals surface area (Å²) in [6, 6.07) is 0. The fraction of sp³-hybridized carbons (Fsp3) is 0.810. The Labute approximate surface area is 203 Å². The summed E-state index contributed by atoms with van der Waals surface area (Å²) in [6.45, 7) is 11.5. The van der Waals surface area contributed by atoms with E-state index in [0.717, 1.165) is 89.1 Å². The summed E-state index contributed by atoms with van der Waals surface area (Å²) >= 11 is 0. The van der Waals surface area contributed by atoms with Crippen LogP contribution in [0.1, 0.15) is 50.7 Å². The molecule has 0 saturated carbocycles. The van der Waals surface area contributed by atoms with Gasteiger partial charge in [-0.15, -0.1) is 34.2 Å². The normalized spacial score (nSPS) is 18.1. The Bertz CT molecular complexity index is 708. The van der Waals surface area contributed by atoms with Gasteiger partial charge in [0.05, 0.1) is 6.54 Å². The second kappa shape index (κ2) is 13.2. The number of rotatable bonds is 7. The molecule has 0 aliphatic carbocycles. The Kier molecular flexibility index (Phi) is 11.0. The topological polar surface area (TPSA) is 81.9 Å². The maximum Gasteiger partial charge on any atom is 0.236 e. The zero-order chi connectivity index (χ0) is 21.3. The molecule has 1 N–H and O–H groups in total. The average molecular weight is 547 g/mol. The van der Waals surface area contributed by atoms with Gasteiger partial charge in [0, 0.05) is 52.9 Å². The minimum Gasteiger partial charge on any atom is -0.356 e. The lowest BCUT2D eigenvalue weighted by molar-refractivity contribution is -0.133. The van der Waals surface area contributed by atoms with Crippen LogP contribution in [-0.4, -0.2) is 93.7 Å². The SMILES string of the molecule is CCCCNC(=NCc1nnc(C)n1C)N1CCN(CC(=O)N2CCCCC2)CC1.I. The molecule has 2 aliphatic rings. The molecule has 9 nitrogen and oxygen atoms in total. The number of unbranched alkanes of at least 4 members (excludes halogenated alkanes) is 1. The molecule has 31 heavy (non-hydrogen) atoms. The van der Waals surface area contributed by atoms with Crippen molar-refractivity contribution >= 4 is 35.8 Å². The molecule has 0 aromatic carbocycles. The number of likely N-dealkylation sites (tertiary alicyclic amines) is 1. The number of piperidine rings is 1. The maximum absolute atomic E-state index is 12.6. The number of nitrogens with one attached hydrogen (secondary N) is 1. The van der Waals surface area contributed by atoms with Crippen molar-refractivity contribution < 1.29 is 4.79 Å². The number of piperazine rings is 1. The molecule has 2 saturated heterocycles. The third kappa shape index (κ3) is 7.58. The van der Waals surface area contributed by atoms with Gasteiger partial charge < -0.3 is 19.7 Å². The van der Waals surface area contributed by atoms with Gasteiger partial charge in [-0.05, 0) is 32.6 Å². The summed E-state index contributed by atoms with van der Waals surface area (Å²) in [5.74, 6) is 2.99. The Hall–Kier alpha value is -1.43. The lowest BCUT2D eigenvalue weighted by atomic mass is 10.1. The highest BCUT2D eigenvalue weighted by atomic mass is 127. The number of aryl methyl sites for hydroxylation is 1. The third-order valence-corrected chi connectivity index (χ3v) is 6.11. The predicted molar refractivity (Wildman–Crippen MR) is 134 cm³/mol. The molecule has 3 rings (SSSR count). The smallest absolute Gasteiger partial charge is 0.236 e. The van der Waals surface area contributed by atoms with E-state index in [9.17, 15) is 4.79 Å². The van der Waals surface area contributed by atoms with E-state index in [1.54, 1.807) is 0 Å². The monoisotopic (exact) mass is 546 g/mol. The number of guanidine groups is 1. The number of halogens is 1. The second-order valence-electron chi connectivity index (χ2n) is 8.35. The lowest BCUT2D eigenvalue weighted by Crippen LogP contribution is -2.54. The quantitative estimate of drug-likeness (QED) is 0.242. The zero-order valence-corrected chi connectivity index (χ0v) is 21.7. The molecular formula is C21H39IN8O. The van der Waals surface area contributed by atoms with Crippen molar-refractivity contribution in [3.8, 4) is 0 Å². The first-order valence-electron chi connectivity index (χ1n) is 11.5. The van der Waals surface area contributed by atoms with Crippen molar-refractivity contribution in [1.29, 1.82) is 0 Å². The van der Waals surface area contributed by atoms with E-state index in [2.05, 4.69) is 32.2 Å². The summed E-state index contributed by atoms with van der Waals surface area (Å²) < 4.78 is 1.98. The van der Waals surface area contributed by atoms with Crippen LogP contribution in [0.15, 0.2) is 4.99 Å². The minimum atomic E-state index is 0. The number of carbonyl (C=O) groups excluding carboxylic acids is 1. The number of nitrogens with zero attached hydrogens (tertiary/aromatic N) is 7. The van der Waals surface area contributed by atoms with Gasteiger partial charge in [-0.3, -0.25) is 9.69 Å². The molecule has 2 aliphatic heterocycles. The molecule has 2 fully saturated rings. The van der Waals surface area contributed by atoms with Crippen LogP contribution in [0, 0.1) is 6.92 Å². The van der Waals surface area contributed by atoms with E-state index in [4.69, 9.17) is 4.99 Å². The largest absolute Gasteiger partial charge is 0.356 e. The second-order valence-corrected chi connectivity index (χ2v) is 8.35. The molecule has 1 aromatic rings. The molecule has 0 radical (unpaired) electrons. The summed E-state index contributed by atoms with van der Waals surface area (Å²) in [7, 11) is 1.97. The Morgan fingerprint density at radius 1 is 1.03 bits per heavy atom. The van der Waals surface area contributed by atoms with Crippen molar-refractivity contribution in [2.24, 2.45) is 12.0 Å². The first kappa shape index (κ1) is 25.8. The third-order valence-electron chi connectivity index (χ3n) is 6.11. The van der Waals surface area contributed by atoms with Gasteiger partial charge in [0.15, 0.2) is 11.8 Å². The van der Waals surface area contributed by atoms with E-state index < -0.39 is 0 Å². The number of hydrogen-bond donors (Lipinski definition) is 1. The van der Waals surface area contributed by atoms with Gasteiger partial charge >= 0.3 is 0 Å². The summed E-state index contributed by atoms with van der Waals surface area (Å²) in [4.78, 5) is 24.0. The van der Waals surface area contributed by atoms with Crippen molar-refractivity contribution in [3.63, 3.8) is 0 Å². The Morgan fingerprint density at radius 2 is 1.74 bits per heavy atom. The van der Waals surface area contributed by atoms with Crippen LogP contribution in [0.4, 0.5) is 0 Å². The van der Waals surface area contributed by atoms with Crippen molar-refractivity contribution in [1.82, 2.24) is 34.8 Å². The van der Waals surface area contributed by atoms with Gasteiger partial charge in [-0.2, -0.15) is 0 Å². The molecule has 1 aromatic heterocycles. The highest BCUT2D eigenvalue weighted by Gasteiger charge is 2.24. The molecular weight excluding hydrogens is 507 g/mol. The van der Waals surface area contributed by atoms with E-state index in [1.807, 2.05) is 23.4 Å². The van der Waals surface area contributed by atoms with Crippen LogP contribution in [0.25, 0.3) is 0 Å². The summed E-state index contributed by atoms with van der Waals surface area (Å²) in [6.07, 6.45) is 5.81. The summed E-state index contributed by atoms with van der Waals surface area (Å²) in [5.41, 5.74) is 0. The number of aromatic nitrogens is 3. The predicted octanol–water partition coefficient (Wildman–Crippen LogP) is 1.62. The standard InChI is InChI=1S/C21H38N8O.HI/c1-4-5-9-22-21(23-16-19-25-24-18(2)26(19)3)29-14-12-27(13-15-29)17-20(30)28-10-7-6-8-11-28;/h4-17H2,1-3H3,(H,22,23);1H. The van der Waals surface area contributed by atoms with Crippen molar-refractivity contribution in [2.45, 2.75) is 52.5 Å². The average Bonchev–Trinajstić information content (AvgIpc) is 3.09. The van der Waals surface area contributed by atoms with Gasteiger partial charge in [0.25, 0.3) is 0 Å².